The number of amides is 1. The molecule has 4 aliphatic rings. The van der Waals surface area contributed by atoms with Crippen LogP contribution in [0.5, 0.6) is 0 Å². The molecule has 1 aromatic heterocycles. The predicted molar refractivity (Wildman–Crippen MR) is 84.9 cm³/mol. The third-order valence-electron chi connectivity index (χ3n) is 5.88. The number of fused-ring (bicyclic) bond motifs is 1. The van der Waals surface area contributed by atoms with E-state index in [2.05, 4.69) is 25.0 Å². The highest BCUT2D eigenvalue weighted by atomic mass is 16.2. The minimum absolute atomic E-state index is 0.174. The minimum Gasteiger partial charge on any atom is -0.351 e. The smallest absolute Gasteiger partial charge is 0.234 e. The Morgan fingerprint density at radius 1 is 1.04 bits per heavy atom. The van der Waals surface area contributed by atoms with Crippen LogP contribution in [0.2, 0.25) is 0 Å². The number of piperazine rings is 1. The molecule has 1 amide bonds. The van der Waals surface area contributed by atoms with E-state index in [1.165, 1.54) is 50.8 Å². The molecule has 4 fully saturated rings. The van der Waals surface area contributed by atoms with Gasteiger partial charge in [0.05, 0.1) is 13.1 Å². The summed E-state index contributed by atoms with van der Waals surface area (Å²) in [4.78, 5) is 14.4. The van der Waals surface area contributed by atoms with Crippen LogP contribution in [0.3, 0.4) is 0 Å². The molecule has 1 N–H and O–H groups in total. The van der Waals surface area contributed by atoms with Gasteiger partial charge in [-0.15, -0.1) is 10.2 Å². The molecule has 1 aromatic rings. The molecule has 3 aliphatic carbocycles. The largest absolute Gasteiger partial charge is 0.351 e. The van der Waals surface area contributed by atoms with E-state index in [0.29, 0.717) is 30.6 Å². The molecule has 124 valence electrons. The van der Waals surface area contributed by atoms with Gasteiger partial charge in [-0.05, 0) is 38.5 Å². The van der Waals surface area contributed by atoms with Crippen molar-refractivity contribution < 1.29 is 4.79 Å². The van der Waals surface area contributed by atoms with Crippen LogP contribution in [-0.4, -0.2) is 44.2 Å². The SMILES string of the molecule is O=C1CN(Cc2nnc(C3CC3)n2C2CC2)[C@@H]2CCCC[C@H]2N1. The van der Waals surface area contributed by atoms with Gasteiger partial charge in [0, 0.05) is 24.0 Å². The van der Waals surface area contributed by atoms with Crippen LogP contribution in [0.4, 0.5) is 0 Å². The van der Waals surface area contributed by atoms with E-state index >= 15 is 0 Å². The van der Waals surface area contributed by atoms with Gasteiger partial charge in [0.1, 0.15) is 11.6 Å². The van der Waals surface area contributed by atoms with Gasteiger partial charge >= 0.3 is 0 Å². The average Bonchev–Trinajstić information content (AvgIpc) is 3.46. The van der Waals surface area contributed by atoms with Crippen LogP contribution in [0, 0.1) is 0 Å². The Bertz CT molecular complexity index is 618. The fraction of sp³-hybridized carbons (Fsp3) is 0.824. The number of carbonyl (C=O) groups excluding carboxylic acids is 1. The zero-order valence-corrected chi connectivity index (χ0v) is 13.6. The predicted octanol–water partition coefficient (Wildman–Crippen LogP) is 1.73. The highest BCUT2D eigenvalue weighted by Crippen LogP contribution is 2.45. The quantitative estimate of drug-likeness (QED) is 0.919. The second-order valence-electron chi connectivity index (χ2n) is 7.78. The summed E-state index contributed by atoms with van der Waals surface area (Å²) in [7, 11) is 0. The summed E-state index contributed by atoms with van der Waals surface area (Å²) >= 11 is 0. The lowest BCUT2D eigenvalue weighted by molar-refractivity contribution is -0.128. The number of carbonyl (C=O) groups is 1. The van der Waals surface area contributed by atoms with Gasteiger partial charge in [-0.1, -0.05) is 12.8 Å². The number of rotatable bonds is 4. The number of hydrogen-bond acceptors (Lipinski definition) is 4. The van der Waals surface area contributed by atoms with E-state index in [1.54, 1.807) is 0 Å². The van der Waals surface area contributed by atoms with Gasteiger partial charge in [-0.2, -0.15) is 0 Å². The van der Waals surface area contributed by atoms with E-state index in [-0.39, 0.29) is 5.91 Å². The molecule has 0 radical (unpaired) electrons. The van der Waals surface area contributed by atoms with Gasteiger partial charge in [0.2, 0.25) is 5.91 Å². The van der Waals surface area contributed by atoms with Crippen molar-refractivity contribution in [1.29, 1.82) is 0 Å². The first-order valence-electron chi connectivity index (χ1n) is 9.26. The summed E-state index contributed by atoms with van der Waals surface area (Å²) < 4.78 is 2.42. The Balaban J connectivity index is 1.41. The van der Waals surface area contributed by atoms with Crippen LogP contribution in [0.25, 0.3) is 0 Å². The van der Waals surface area contributed by atoms with Crippen molar-refractivity contribution in [3.63, 3.8) is 0 Å². The third kappa shape index (κ3) is 2.57. The molecule has 5 rings (SSSR count). The molecule has 0 unspecified atom stereocenters. The monoisotopic (exact) mass is 315 g/mol. The summed E-state index contributed by atoms with van der Waals surface area (Å²) in [6.07, 6.45) is 9.88. The highest BCUT2D eigenvalue weighted by Gasteiger charge is 2.39. The Morgan fingerprint density at radius 3 is 2.65 bits per heavy atom. The van der Waals surface area contributed by atoms with Crippen LogP contribution in [-0.2, 0) is 11.3 Å². The molecule has 3 saturated carbocycles. The van der Waals surface area contributed by atoms with E-state index in [4.69, 9.17) is 0 Å². The second kappa shape index (κ2) is 5.30. The second-order valence-corrected chi connectivity index (χ2v) is 7.78. The Labute approximate surface area is 136 Å². The molecule has 0 aromatic carbocycles. The maximum atomic E-state index is 12.1. The zero-order valence-electron chi connectivity index (χ0n) is 13.6. The highest BCUT2D eigenvalue weighted by molar-refractivity contribution is 5.79. The first-order valence-corrected chi connectivity index (χ1v) is 9.26. The van der Waals surface area contributed by atoms with Crippen molar-refractivity contribution in [2.75, 3.05) is 6.54 Å². The molecule has 1 saturated heterocycles. The van der Waals surface area contributed by atoms with Crippen molar-refractivity contribution in [1.82, 2.24) is 25.0 Å². The van der Waals surface area contributed by atoms with E-state index < -0.39 is 0 Å². The zero-order chi connectivity index (χ0) is 15.4. The number of hydrogen-bond donors (Lipinski definition) is 1. The minimum atomic E-state index is 0.174. The maximum Gasteiger partial charge on any atom is 0.234 e. The van der Waals surface area contributed by atoms with Crippen LogP contribution in [0.15, 0.2) is 0 Å². The summed E-state index contributed by atoms with van der Waals surface area (Å²) in [6, 6.07) is 1.44. The Morgan fingerprint density at radius 2 is 1.87 bits per heavy atom. The van der Waals surface area contributed by atoms with Gasteiger partial charge in [0.15, 0.2) is 0 Å². The van der Waals surface area contributed by atoms with Crippen LogP contribution < -0.4 is 5.32 Å². The topological polar surface area (TPSA) is 63.1 Å². The Kier molecular flexibility index (Phi) is 3.21. The molecule has 0 bridgehead atoms. The molecule has 6 heteroatoms. The fourth-order valence-corrected chi connectivity index (χ4v) is 4.42. The third-order valence-corrected chi connectivity index (χ3v) is 5.88. The van der Waals surface area contributed by atoms with Crippen LogP contribution in [0.1, 0.15) is 75.0 Å². The van der Waals surface area contributed by atoms with E-state index in [0.717, 1.165) is 18.8 Å². The van der Waals surface area contributed by atoms with Crippen molar-refractivity contribution >= 4 is 5.91 Å². The van der Waals surface area contributed by atoms with Gasteiger partial charge < -0.3 is 9.88 Å². The van der Waals surface area contributed by atoms with Crippen LogP contribution >= 0.6 is 0 Å². The summed E-state index contributed by atoms with van der Waals surface area (Å²) in [5.41, 5.74) is 0. The molecule has 0 spiro atoms. The first-order chi connectivity index (χ1) is 11.3. The van der Waals surface area contributed by atoms with Crippen molar-refractivity contribution in [2.45, 2.75) is 82.0 Å². The molecular formula is C17H25N5O. The first kappa shape index (κ1) is 14.0. The number of nitrogens with one attached hydrogen (secondary N) is 1. The van der Waals surface area contributed by atoms with Crippen molar-refractivity contribution in [3.8, 4) is 0 Å². The lowest BCUT2D eigenvalue weighted by Gasteiger charge is -2.43. The lowest BCUT2D eigenvalue weighted by Crippen LogP contribution is -2.61. The summed E-state index contributed by atoms with van der Waals surface area (Å²) in [5, 5.41) is 12.2. The van der Waals surface area contributed by atoms with Gasteiger partial charge in [-0.25, -0.2) is 0 Å². The average molecular weight is 315 g/mol. The van der Waals surface area contributed by atoms with Crippen molar-refractivity contribution in [3.05, 3.63) is 11.6 Å². The molecule has 1 aliphatic heterocycles. The number of nitrogens with zero attached hydrogens (tertiary/aromatic N) is 4. The maximum absolute atomic E-state index is 12.1. The molecule has 23 heavy (non-hydrogen) atoms. The van der Waals surface area contributed by atoms with Crippen molar-refractivity contribution in [2.24, 2.45) is 0 Å². The standard InChI is InChI=1S/C17H25N5O/c23-16-10-21(14-4-2-1-3-13(14)18-16)9-15-19-20-17(11-5-6-11)22(15)12-7-8-12/h11-14H,1-10H2,(H,18,23)/t13-,14-/m1/s1. The van der Waals surface area contributed by atoms with Gasteiger partial charge in [-0.3, -0.25) is 9.69 Å². The fourth-order valence-electron chi connectivity index (χ4n) is 4.42. The summed E-state index contributed by atoms with van der Waals surface area (Å²) in [6.45, 7) is 1.29. The van der Waals surface area contributed by atoms with E-state index in [1.807, 2.05) is 0 Å². The summed E-state index contributed by atoms with van der Waals surface area (Å²) in [5.74, 6) is 3.12. The molecule has 6 nitrogen and oxygen atoms in total. The van der Waals surface area contributed by atoms with Gasteiger partial charge in [0.25, 0.3) is 0 Å². The molecular weight excluding hydrogens is 290 g/mol. The number of aromatic nitrogens is 3. The molecule has 2 heterocycles. The van der Waals surface area contributed by atoms with E-state index in [9.17, 15) is 4.79 Å². The normalized spacial score (nSPS) is 31.7. The Hall–Kier alpha value is -1.43. The molecule has 2 atom stereocenters. The lowest BCUT2D eigenvalue weighted by atomic mass is 9.87.